The van der Waals surface area contributed by atoms with Crippen LogP contribution < -0.4 is 0 Å². The summed E-state index contributed by atoms with van der Waals surface area (Å²) in [6, 6.07) is 4.73. The van der Waals surface area contributed by atoms with Gasteiger partial charge in [-0.05, 0) is 56.7 Å². The second-order valence-electron chi connectivity index (χ2n) is 2.94. The van der Waals surface area contributed by atoms with Crippen LogP contribution in [-0.4, -0.2) is 18.0 Å². The van der Waals surface area contributed by atoms with Gasteiger partial charge in [0.15, 0.2) is 0 Å². The Balaban J connectivity index is 3.23. The number of methoxy groups -OCH3 is 1. The van der Waals surface area contributed by atoms with Gasteiger partial charge in [0.25, 0.3) is 5.69 Å². The summed E-state index contributed by atoms with van der Waals surface area (Å²) >= 11 is 4.99. The quantitative estimate of drug-likeness (QED) is 0.252. The molecule has 1 aromatic rings. The average Bonchev–Trinajstić information content (AvgIpc) is 2.29. The fourth-order valence-electron chi connectivity index (χ4n) is 1.09. The van der Waals surface area contributed by atoms with E-state index in [0.29, 0.717) is 5.56 Å². The molecule has 0 aliphatic rings. The van der Waals surface area contributed by atoms with Crippen LogP contribution in [0.3, 0.4) is 0 Å². The van der Waals surface area contributed by atoms with Gasteiger partial charge in [-0.25, -0.2) is 4.79 Å². The van der Waals surface area contributed by atoms with E-state index >= 15 is 0 Å². The Bertz CT molecular complexity index is 501. The van der Waals surface area contributed by atoms with E-state index in [0.717, 1.165) is 3.57 Å². The van der Waals surface area contributed by atoms with Crippen LogP contribution in [0.2, 0.25) is 0 Å². The van der Waals surface area contributed by atoms with Crippen LogP contribution >= 0.6 is 38.5 Å². The van der Waals surface area contributed by atoms with Gasteiger partial charge >= 0.3 is 5.97 Å². The van der Waals surface area contributed by atoms with Crippen molar-refractivity contribution in [2.45, 2.75) is 0 Å². The van der Waals surface area contributed by atoms with E-state index in [-0.39, 0.29) is 10.2 Å². The van der Waals surface area contributed by atoms with Crippen molar-refractivity contribution in [3.63, 3.8) is 0 Å². The first-order valence-corrected chi connectivity index (χ1v) is 6.22. The average molecular weight is 412 g/mol. The maximum absolute atomic E-state index is 11.2. The number of nitro groups is 1. The first-order chi connectivity index (χ1) is 7.95. The number of halogens is 2. The Hall–Kier alpha value is -0.960. The summed E-state index contributed by atoms with van der Waals surface area (Å²) in [5.74, 6) is -0.585. The number of carbonyl (C=O) groups is 1. The standard InChI is InChI=1S/C10H7BrINO4/c1-17-10(14)8(11)4-6-2-3-7(12)5-9(6)13(15)16/h2-5H,1H3/b8-4-. The van der Waals surface area contributed by atoms with Gasteiger partial charge in [0.05, 0.1) is 17.6 Å². The minimum absolute atomic E-state index is 0.0576. The van der Waals surface area contributed by atoms with Crippen molar-refractivity contribution in [1.29, 1.82) is 0 Å². The highest BCUT2D eigenvalue weighted by Gasteiger charge is 2.14. The molecular formula is C10H7BrINO4. The lowest BCUT2D eigenvalue weighted by atomic mass is 10.1. The van der Waals surface area contributed by atoms with Crippen LogP contribution in [0.15, 0.2) is 22.7 Å². The molecule has 17 heavy (non-hydrogen) atoms. The van der Waals surface area contributed by atoms with Crippen LogP contribution in [0, 0.1) is 13.7 Å². The first-order valence-electron chi connectivity index (χ1n) is 4.35. The lowest BCUT2D eigenvalue weighted by Crippen LogP contribution is -1.99. The van der Waals surface area contributed by atoms with Crippen molar-refractivity contribution in [3.05, 3.63) is 41.9 Å². The number of rotatable bonds is 3. The Kier molecular flexibility index (Phi) is 5.06. The summed E-state index contributed by atoms with van der Waals surface area (Å²) in [4.78, 5) is 21.5. The molecule has 90 valence electrons. The van der Waals surface area contributed by atoms with Gasteiger partial charge in [-0.3, -0.25) is 10.1 Å². The van der Waals surface area contributed by atoms with Crippen molar-refractivity contribution >= 4 is 56.3 Å². The van der Waals surface area contributed by atoms with Crippen LogP contribution in [-0.2, 0) is 9.53 Å². The predicted octanol–water partition coefficient (Wildman–Crippen LogP) is 3.11. The zero-order valence-electron chi connectivity index (χ0n) is 8.65. The molecule has 7 heteroatoms. The number of nitrogens with zero attached hydrogens (tertiary/aromatic N) is 1. The van der Waals surface area contributed by atoms with Gasteiger partial charge in [0.1, 0.15) is 4.48 Å². The highest BCUT2D eigenvalue weighted by atomic mass is 127. The second kappa shape index (κ2) is 6.10. The number of benzene rings is 1. The van der Waals surface area contributed by atoms with E-state index in [9.17, 15) is 14.9 Å². The normalized spacial score (nSPS) is 11.1. The number of ether oxygens (including phenoxy) is 1. The Morgan fingerprint density at radius 2 is 2.24 bits per heavy atom. The van der Waals surface area contributed by atoms with E-state index in [2.05, 4.69) is 20.7 Å². The maximum Gasteiger partial charge on any atom is 0.344 e. The molecular weight excluding hydrogens is 405 g/mol. The monoisotopic (exact) mass is 411 g/mol. The summed E-state index contributed by atoms with van der Waals surface area (Å²) in [6.07, 6.45) is 1.36. The number of nitro benzene ring substituents is 1. The molecule has 0 aliphatic heterocycles. The topological polar surface area (TPSA) is 69.4 Å². The largest absolute Gasteiger partial charge is 0.465 e. The predicted molar refractivity (Wildman–Crippen MR) is 74.7 cm³/mol. The molecule has 0 saturated heterocycles. The van der Waals surface area contributed by atoms with E-state index < -0.39 is 10.9 Å². The molecule has 0 fully saturated rings. The van der Waals surface area contributed by atoms with Gasteiger partial charge in [-0.1, -0.05) is 0 Å². The Morgan fingerprint density at radius 3 is 2.76 bits per heavy atom. The minimum atomic E-state index is -0.585. The van der Waals surface area contributed by atoms with E-state index in [4.69, 9.17) is 0 Å². The molecule has 5 nitrogen and oxygen atoms in total. The molecule has 0 N–H and O–H groups in total. The first kappa shape index (κ1) is 14.1. The molecule has 1 aromatic carbocycles. The third kappa shape index (κ3) is 3.77. The lowest BCUT2D eigenvalue weighted by Gasteiger charge is -2.00. The fourth-order valence-corrected chi connectivity index (χ4v) is 1.97. The van der Waals surface area contributed by atoms with E-state index in [1.54, 1.807) is 12.1 Å². The van der Waals surface area contributed by atoms with Crippen molar-refractivity contribution < 1.29 is 14.5 Å². The molecule has 1 rings (SSSR count). The van der Waals surface area contributed by atoms with Crippen LogP contribution in [0.5, 0.6) is 0 Å². The Labute approximate surface area is 119 Å². The summed E-state index contributed by atoms with van der Waals surface area (Å²) < 4.78 is 5.36. The van der Waals surface area contributed by atoms with Crippen LogP contribution in [0.4, 0.5) is 5.69 Å². The van der Waals surface area contributed by atoms with Gasteiger partial charge < -0.3 is 4.74 Å². The molecule has 0 heterocycles. The number of hydrogen-bond acceptors (Lipinski definition) is 4. The van der Waals surface area contributed by atoms with Gasteiger partial charge in [0.2, 0.25) is 0 Å². The molecule has 0 spiro atoms. The molecule has 0 unspecified atom stereocenters. The highest BCUT2D eigenvalue weighted by Crippen LogP contribution is 2.25. The van der Waals surface area contributed by atoms with Crippen molar-refractivity contribution in [2.24, 2.45) is 0 Å². The van der Waals surface area contributed by atoms with E-state index in [1.165, 1.54) is 19.3 Å². The summed E-state index contributed by atoms with van der Waals surface area (Å²) in [5.41, 5.74) is 0.283. The molecule has 0 saturated carbocycles. The molecule has 0 amide bonds. The number of esters is 1. The number of hydrogen-bond donors (Lipinski definition) is 0. The SMILES string of the molecule is COC(=O)/C(Br)=C/c1ccc(I)cc1[N+](=O)[O-]. The lowest BCUT2D eigenvalue weighted by molar-refractivity contribution is -0.385. The molecule has 0 atom stereocenters. The molecule has 0 aromatic heterocycles. The van der Waals surface area contributed by atoms with Crippen molar-refractivity contribution in [2.75, 3.05) is 7.11 Å². The van der Waals surface area contributed by atoms with Crippen LogP contribution in [0.25, 0.3) is 6.08 Å². The van der Waals surface area contributed by atoms with Gasteiger partial charge in [0, 0.05) is 9.64 Å². The zero-order chi connectivity index (χ0) is 13.0. The minimum Gasteiger partial charge on any atom is -0.465 e. The zero-order valence-corrected chi connectivity index (χ0v) is 12.4. The van der Waals surface area contributed by atoms with Crippen molar-refractivity contribution in [1.82, 2.24) is 0 Å². The maximum atomic E-state index is 11.2. The summed E-state index contributed by atoms with van der Waals surface area (Å²) in [6.45, 7) is 0. The van der Waals surface area contributed by atoms with Crippen molar-refractivity contribution in [3.8, 4) is 0 Å². The summed E-state index contributed by atoms with van der Waals surface area (Å²) in [7, 11) is 1.24. The molecule has 0 bridgehead atoms. The van der Waals surface area contributed by atoms with Crippen LogP contribution in [0.1, 0.15) is 5.56 Å². The fraction of sp³-hybridized carbons (Fsp3) is 0.100. The second-order valence-corrected chi connectivity index (χ2v) is 5.04. The highest BCUT2D eigenvalue weighted by molar-refractivity contribution is 14.1. The van der Waals surface area contributed by atoms with Gasteiger partial charge in [-0.15, -0.1) is 0 Å². The Morgan fingerprint density at radius 1 is 1.59 bits per heavy atom. The molecule has 0 radical (unpaired) electrons. The molecule has 0 aliphatic carbocycles. The smallest absolute Gasteiger partial charge is 0.344 e. The summed E-state index contributed by atoms with van der Waals surface area (Å²) in [5, 5.41) is 10.8. The van der Waals surface area contributed by atoms with E-state index in [1.807, 2.05) is 22.6 Å². The van der Waals surface area contributed by atoms with Gasteiger partial charge in [-0.2, -0.15) is 0 Å². The third-order valence-corrected chi connectivity index (χ3v) is 3.08. The third-order valence-electron chi connectivity index (χ3n) is 1.85. The number of carbonyl (C=O) groups excluding carboxylic acids is 1.